The maximum atomic E-state index is 12.1. The van der Waals surface area contributed by atoms with Crippen LogP contribution in [0.25, 0.3) is 10.9 Å². The van der Waals surface area contributed by atoms with Crippen LogP contribution >= 0.6 is 11.8 Å². The summed E-state index contributed by atoms with van der Waals surface area (Å²) in [6.45, 7) is 1.44. The van der Waals surface area contributed by atoms with E-state index in [0.29, 0.717) is 11.4 Å². The fraction of sp³-hybridized carbons (Fsp3) is 0.105. The van der Waals surface area contributed by atoms with Gasteiger partial charge in [0.05, 0.1) is 16.3 Å². The van der Waals surface area contributed by atoms with Crippen LogP contribution in [0, 0.1) is 0 Å². The third-order valence-electron chi connectivity index (χ3n) is 3.39. The number of benzene rings is 2. The summed E-state index contributed by atoms with van der Waals surface area (Å²) in [5.74, 6) is -0.0169. The molecule has 0 bridgehead atoms. The minimum atomic E-state index is -0.151. The van der Waals surface area contributed by atoms with Crippen LogP contribution in [0.5, 0.6) is 0 Å². The minimum absolute atomic E-state index is 0.125. The number of pyridine rings is 1. The number of anilines is 2. The molecule has 3 rings (SSSR count). The van der Waals surface area contributed by atoms with Gasteiger partial charge in [0, 0.05) is 23.7 Å². The zero-order valence-corrected chi connectivity index (χ0v) is 14.5. The Hall–Kier alpha value is -2.86. The second-order valence-corrected chi connectivity index (χ2v) is 6.44. The molecule has 0 atom stereocenters. The van der Waals surface area contributed by atoms with E-state index in [9.17, 15) is 9.59 Å². The zero-order valence-electron chi connectivity index (χ0n) is 13.7. The highest BCUT2D eigenvalue weighted by atomic mass is 32.2. The quantitative estimate of drug-likeness (QED) is 0.684. The molecule has 0 unspecified atom stereocenters. The number of thioether (sulfide) groups is 1. The Balaban J connectivity index is 1.59. The molecular weight excluding hydrogens is 334 g/mol. The number of nitrogens with one attached hydrogen (secondary N) is 2. The van der Waals surface area contributed by atoms with Crippen LogP contribution in [0.15, 0.2) is 65.7 Å². The normalized spacial score (nSPS) is 10.4. The van der Waals surface area contributed by atoms with Crippen molar-refractivity contribution in [3.05, 3.63) is 60.7 Å². The maximum Gasteiger partial charge on any atom is 0.234 e. The number of amides is 2. The standard InChI is InChI=1S/C19H17N3O2S/c1-13(23)20-15-6-4-7-16(11-15)21-18(24)12-25-19-10-9-14-5-2-3-8-17(14)22-19/h2-11H,12H2,1H3,(H,20,23)(H,21,24). The van der Waals surface area contributed by atoms with Gasteiger partial charge in [0.2, 0.25) is 11.8 Å². The summed E-state index contributed by atoms with van der Waals surface area (Å²) < 4.78 is 0. The number of rotatable bonds is 5. The second kappa shape index (κ2) is 7.81. The third kappa shape index (κ3) is 4.81. The lowest BCUT2D eigenvalue weighted by Gasteiger charge is -2.08. The van der Waals surface area contributed by atoms with Gasteiger partial charge in [-0.25, -0.2) is 4.98 Å². The summed E-state index contributed by atoms with van der Waals surface area (Å²) in [5, 5.41) is 7.39. The number of hydrogen-bond acceptors (Lipinski definition) is 4. The highest BCUT2D eigenvalue weighted by Gasteiger charge is 2.06. The van der Waals surface area contributed by atoms with E-state index in [2.05, 4.69) is 15.6 Å². The van der Waals surface area contributed by atoms with Crippen molar-refractivity contribution < 1.29 is 9.59 Å². The van der Waals surface area contributed by atoms with E-state index in [1.54, 1.807) is 24.3 Å². The number of carbonyl (C=O) groups excluding carboxylic acids is 2. The average molecular weight is 351 g/mol. The van der Waals surface area contributed by atoms with Crippen LogP contribution < -0.4 is 10.6 Å². The molecule has 25 heavy (non-hydrogen) atoms. The molecule has 6 heteroatoms. The number of nitrogens with zero attached hydrogens (tertiary/aromatic N) is 1. The number of para-hydroxylation sites is 1. The Bertz CT molecular complexity index is 927. The molecule has 1 aromatic heterocycles. The number of aromatic nitrogens is 1. The lowest BCUT2D eigenvalue weighted by atomic mass is 10.2. The summed E-state index contributed by atoms with van der Waals surface area (Å²) in [6, 6.07) is 18.8. The molecule has 1 heterocycles. The van der Waals surface area contributed by atoms with Crippen LogP contribution in [0.2, 0.25) is 0 Å². The van der Waals surface area contributed by atoms with Gasteiger partial charge in [0.25, 0.3) is 0 Å². The van der Waals surface area contributed by atoms with Gasteiger partial charge >= 0.3 is 0 Å². The Morgan fingerprint density at radius 3 is 2.52 bits per heavy atom. The zero-order chi connectivity index (χ0) is 17.6. The van der Waals surface area contributed by atoms with Gasteiger partial charge in [-0.2, -0.15) is 0 Å². The molecular formula is C19H17N3O2S. The minimum Gasteiger partial charge on any atom is -0.326 e. The van der Waals surface area contributed by atoms with Gasteiger partial charge in [0.1, 0.15) is 0 Å². The molecule has 2 N–H and O–H groups in total. The number of hydrogen-bond donors (Lipinski definition) is 2. The van der Waals surface area contributed by atoms with Crippen molar-refractivity contribution in [2.24, 2.45) is 0 Å². The molecule has 0 radical (unpaired) electrons. The summed E-state index contributed by atoms with van der Waals surface area (Å²) in [6.07, 6.45) is 0. The van der Waals surface area contributed by atoms with E-state index in [4.69, 9.17) is 0 Å². The molecule has 0 aliphatic rings. The molecule has 0 spiro atoms. The van der Waals surface area contributed by atoms with Gasteiger partial charge in [-0.3, -0.25) is 9.59 Å². The molecule has 0 fully saturated rings. The van der Waals surface area contributed by atoms with E-state index >= 15 is 0 Å². The summed E-state index contributed by atoms with van der Waals surface area (Å²) in [4.78, 5) is 27.8. The molecule has 126 valence electrons. The topological polar surface area (TPSA) is 71.1 Å². The smallest absolute Gasteiger partial charge is 0.234 e. The lowest BCUT2D eigenvalue weighted by molar-refractivity contribution is -0.114. The second-order valence-electron chi connectivity index (χ2n) is 5.44. The van der Waals surface area contributed by atoms with Crippen molar-refractivity contribution in [2.75, 3.05) is 16.4 Å². The first-order chi connectivity index (χ1) is 12.1. The fourth-order valence-corrected chi connectivity index (χ4v) is 3.02. The van der Waals surface area contributed by atoms with Crippen LogP contribution in [-0.4, -0.2) is 22.6 Å². The fourth-order valence-electron chi connectivity index (χ4n) is 2.34. The Morgan fingerprint density at radius 1 is 0.960 bits per heavy atom. The highest BCUT2D eigenvalue weighted by molar-refractivity contribution is 7.99. The molecule has 2 aromatic carbocycles. The highest BCUT2D eigenvalue weighted by Crippen LogP contribution is 2.21. The molecule has 3 aromatic rings. The first kappa shape index (κ1) is 17.0. The first-order valence-electron chi connectivity index (χ1n) is 7.76. The monoisotopic (exact) mass is 351 g/mol. The third-order valence-corrected chi connectivity index (χ3v) is 4.32. The first-order valence-corrected chi connectivity index (χ1v) is 8.75. The number of fused-ring (bicyclic) bond motifs is 1. The van der Waals surface area contributed by atoms with Crippen molar-refractivity contribution in [1.82, 2.24) is 4.98 Å². The van der Waals surface area contributed by atoms with Crippen molar-refractivity contribution in [3.8, 4) is 0 Å². The molecule has 0 saturated heterocycles. The van der Waals surface area contributed by atoms with Crippen LogP contribution in [0.3, 0.4) is 0 Å². The Labute approximate surface area is 149 Å². The largest absolute Gasteiger partial charge is 0.326 e. The van der Waals surface area contributed by atoms with E-state index in [0.717, 1.165) is 15.9 Å². The van der Waals surface area contributed by atoms with Crippen LogP contribution in [0.1, 0.15) is 6.92 Å². The van der Waals surface area contributed by atoms with Crippen molar-refractivity contribution >= 4 is 45.9 Å². The van der Waals surface area contributed by atoms with Crippen LogP contribution in [0.4, 0.5) is 11.4 Å². The molecule has 2 amide bonds. The summed E-state index contributed by atoms with van der Waals surface area (Å²) >= 11 is 1.38. The lowest BCUT2D eigenvalue weighted by Crippen LogP contribution is -2.14. The van der Waals surface area contributed by atoms with Crippen molar-refractivity contribution in [2.45, 2.75) is 11.9 Å². The molecule has 0 aliphatic heterocycles. The predicted molar refractivity (Wildman–Crippen MR) is 102 cm³/mol. The predicted octanol–water partition coefficient (Wildman–Crippen LogP) is 3.92. The van der Waals surface area contributed by atoms with E-state index < -0.39 is 0 Å². The summed E-state index contributed by atoms with van der Waals surface area (Å²) in [7, 11) is 0. The Kier molecular flexibility index (Phi) is 5.30. The molecule has 0 saturated carbocycles. The van der Waals surface area contributed by atoms with E-state index in [1.165, 1.54) is 18.7 Å². The van der Waals surface area contributed by atoms with Gasteiger partial charge in [-0.1, -0.05) is 42.1 Å². The van der Waals surface area contributed by atoms with Crippen LogP contribution in [-0.2, 0) is 9.59 Å². The van der Waals surface area contributed by atoms with Gasteiger partial charge < -0.3 is 10.6 Å². The maximum absolute atomic E-state index is 12.1. The average Bonchev–Trinajstić information content (AvgIpc) is 2.59. The van der Waals surface area contributed by atoms with Gasteiger partial charge in [-0.15, -0.1) is 0 Å². The van der Waals surface area contributed by atoms with Gasteiger partial charge in [0.15, 0.2) is 0 Å². The molecule has 5 nitrogen and oxygen atoms in total. The van der Waals surface area contributed by atoms with Crippen molar-refractivity contribution in [3.63, 3.8) is 0 Å². The Morgan fingerprint density at radius 2 is 1.72 bits per heavy atom. The number of carbonyl (C=O) groups is 2. The van der Waals surface area contributed by atoms with E-state index in [-0.39, 0.29) is 17.6 Å². The van der Waals surface area contributed by atoms with Gasteiger partial charge in [-0.05, 0) is 30.3 Å². The molecule has 0 aliphatic carbocycles. The van der Waals surface area contributed by atoms with Crippen molar-refractivity contribution in [1.29, 1.82) is 0 Å². The SMILES string of the molecule is CC(=O)Nc1cccc(NC(=O)CSc2ccc3ccccc3n2)c1. The summed E-state index contributed by atoms with van der Waals surface area (Å²) in [5.41, 5.74) is 2.20. The van der Waals surface area contributed by atoms with E-state index in [1.807, 2.05) is 36.4 Å².